The van der Waals surface area contributed by atoms with Crippen molar-refractivity contribution in [3.05, 3.63) is 29.6 Å². The lowest BCUT2D eigenvalue weighted by molar-refractivity contribution is -0.115. The summed E-state index contributed by atoms with van der Waals surface area (Å²) in [6.45, 7) is 3.90. The van der Waals surface area contributed by atoms with E-state index in [4.69, 9.17) is 4.74 Å². The van der Waals surface area contributed by atoms with E-state index in [1.807, 2.05) is 32.0 Å². The first-order valence-electron chi connectivity index (χ1n) is 9.13. The van der Waals surface area contributed by atoms with Crippen molar-refractivity contribution in [1.29, 1.82) is 0 Å². The number of ether oxygens (including phenoxy) is 1. The molecule has 1 amide bonds. The average Bonchev–Trinajstić information content (AvgIpc) is 3.54. The molecule has 0 saturated heterocycles. The summed E-state index contributed by atoms with van der Waals surface area (Å²) in [6, 6.07) is 6.28. The minimum Gasteiger partial charge on any atom is -0.495 e. The number of hydrogen-bond acceptors (Lipinski definition) is 5. The lowest BCUT2D eigenvalue weighted by atomic mass is 10.2. The van der Waals surface area contributed by atoms with Crippen LogP contribution in [0, 0.1) is 6.92 Å². The lowest BCUT2D eigenvalue weighted by Gasteiger charge is -2.15. The van der Waals surface area contributed by atoms with Gasteiger partial charge in [-0.05, 0) is 57.2 Å². The van der Waals surface area contributed by atoms with E-state index in [2.05, 4.69) is 20.1 Å². The van der Waals surface area contributed by atoms with Crippen LogP contribution in [0.3, 0.4) is 0 Å². The van der Waals surface area contributed by atoms with Crippen LogP contribution in [0.4, 0.5) is 5.69 Å². The molecule has 1 atom stereocenters. The monoisotopic (exact) mass is 372 g/mol. The van der Waals surface area contributed by atoms with Gasteiger partial charge in [0, 0.05) is 12.0 Å². The molecule has 0 aliphatic heterocycles. The molecule has 6 nitrogen and oxygen atoms in total. The number of benzene rings is 1. The third kappa shape index (κ3) is 3.58. The van der Waals surface area contributed by atoms with Crippen LogP contribution in [0.1, 0.15) is 56.0 Å². The summed E-state index contributed by atoms with van der Waals surface area (Å²) in [6.07, 6.45) is 4.79. The number of amides is 1. The highest BCUT2D eigenvalue weighted by Gasteiger charge is 2.37. The van der Waals surface area contributed by atoms with Crippen LogP contribution >= 0.6 is 11.8 Å². The zero-order valence-corrected chi connectivity index (χ0v) is 16.2. The number of thioether (sulfide) groups is 1. The first-order chi connectivity index (χ1) is 12.6. The number of anilines is 1. The van der Waals surface area contributed by atoms with Gasteiger partial charge in [0.1, 0.15) is 11.6 Å². The van der Waals surface area contributed by atoms with E-state index in [0.29, 0.717) is 23.4 Å². The molecule has 1 heterocycles. The van der Waals surface area contributed by atoms with Crippen molar-refractivity contribution in [2.24, 2.45) is 0 Å². The Kier molecular flexibility index (Phi) is 4.65. The Balaban J connectivity index is 1.48. The highest BCUT2D eigenvalue weighted by Crippen LogP contribution is 2.46. The number of rotatable bonds is 7. The van der Waals surface area contributed by atoms with E-state index in [0.717, 1.165) is 16.5 Å². The van der Waals surface area contributed by atoms with E-state index in [-0.39, 0.29) is 11.2 Å². The van der Waals surface area contributed by atoms with Gasteiger partial charge in [0.2, 0.25) is 5.91 Å². The molecule has 0 bridgehead atoms. The zero-order valence-electron chi connectivity index (χ0n) is 15.4. The Labute approximate surface area is 157 Å². The summed E-state index contributed by atoms with van der Waals surface area (Å²) < 4.78 is 7.62. The molecule has 7 heteroatoms. The topological polar surface area (TPSA) is 69.0 Å². The van der Waals surface area contributed by atoms with Gasteiger partial charge in [0.15, 0.2) is 5.16 Å². The minimum atomic E-state index is -0.269. The third-order valence-corrected chi connectivity index (χ3v) is 5.87. The van der Waals surface area contributed by atoms with Crippen LogP contribution in [0.5, 0.6) is 5.75 Å². The van der Waals surface area contributed by atoms with Crippen molar-refractivity contribution in [2.75, 3.05) is 12.4 Å². The maximum absolute atomic E-state index is 12.7. The molecule has 4 rings (SSSR count). The predicted octanol–water partition coefficient (Wildman–Crippen LogP) is 3.93. The molecule has 2 aliphatic rings. The Hall–Kier alpha value is -2.02. The second-order valence-electron chi connectivity index (χ2n) is 7.17. The second-order valence-corrected chi connectivity index (χ2v) is 8.48. The molecule has 138 valence electrons. The van der Waals surface area contributed by atoms with Crippen molar-refractivity contribution in [2.45, 2.75) is 61.9 Å². The number of aromatic nitrogens is 3. The van der Waals surface area contributed by atoms with Crippen LogP contribution in [-0.2, 0) is 4.79 Å². The Morgan fingerprint density at radius 2 is 2.08 bits per heavy atom. The van der Waals surface area contributed by atoms with Crippen molar-refractivity contribution >= 4 is 23.4 Å². The van der Waals surface area contributed by atoms with Gasteiger partial charge in [-0.2, -0.15) is 0 Å². The summed E-state index contributed by atoms with van der Waals surface area (Å²) in [5, 5.41) is 12.4. The third-order valence-electron chi connectivity index (χ3n) is 4.81. The largest absolute Gasteiger partial charge is 0.495 e. The summed E-state index contributed by atoms with van der Waals surface area (Å²) in [4.78, 5) is 12.7. The van der Waals surface area contributed by atoms with Gasteiger partial charge in [-0.15, -0.1) is 10.2 Å². The highest BCUT2D eigenvalue weighted by atomic mass is 32.2. The minimum absolute atomic E-state index is 0.0581. The average molecular weight is 372 g/mol. The van der Waals surface area contributed by atoms with Crippen molar-refractivity contribution < 1.29 is 9.53 Å². The van der Waals surface area contributed by atoms with E-state index in [9.17, 15) is 4.79 Å². The van der Waals surface area contributed by atoms with E-state index in [1.165, 1.54) is 37.4 Å². The fraction of sp³-hybridized carbons (Fsp3) is 0.526. The number of aryl methyl sites for hydroxylation is 1. The summed E-state index contributed by atoms with van der Waals surface area (Å²) in [5.41, 5.74) is 1.77. The fourth-order valence-corrected chi connectivity index (χ4v) is 3.96. The first-order valence-corrected chi connectivity index (χ1v) is 10.0. The molecule has 0 spiro atoms. The molecule has 1 aromatic carbocycles. The van der Waals surface area contributed by atoms with Gasteiger partial charge >= 0.3 is 0 Å². The van der Waals surface area contributed by atoms with E-state index < -0.39 is 0 Å². The van der Waals surface area contributed by atoms with Gasteiger partial charge in [0.05, 0.1) is 18.0 Å². The molecule has 2 aliphatic carbocycles. The Bertz CT molecular complexity index is 827. The quantitative estimate of drug-likeness (QED) is 0.746. The number of carbonyl (C=O) groups excluding carboxylic acids is 1. The maximum Gasteiger partial charge on any atom is 0.237 e. The number of hydrogen-bond donors (Lipinski definition) is 1. The van der Waals surface area contributed by atoms with Crippen LogP contribution in [0.15, 0.2) is 23.4 Å². The van der Waals surface area contributed by atoms with Crippen LogP contribution in [-0.4, -0.2) is 33.0 Å². The van der Waals surface area contributed by atoms with Gasteiger partial charge in [-0.25, -0.2) is 0 Å². The molecule has 2 aromatic rings. The molecular formula is C19H24N4O2S. The fourth-order valence-electron chi connectivity index (χ4n) is 3.03. The summed E-state index contributed by atoms with van der Waals surface area (Å²) in [5.74, 6) is 2.29. The van der Waals surface area contributed by atoms with Crippen molar-refractivity contribution in [1.82, 2.24) is 14.8 Å². The lowest BCUT2D eigenvalue weighted by Crippen LogP contribution is -2.23. The smallest absolute Gasteiger partial charge is 0.237 e. The molecule has 0 radical (unpaired) electrons. The van der Waals surface area contributed by atoms with Gasteiger partial charge in [0.25, 0.3) is 0 Å². The van der Waals surface area contributed by atoms with E-state index in [1.54, 1.807) is 7.11 Å². The van der Waals surface area contributed by atoms with Gasteiger partial charge < -0.3 is 14.6 Å². The number of methoxy groups -OCH3 is 1. The molecule has 2 saturated carbocycles. The highest BCUT2D eigenvalue weighted by molar-refractivity contribution is 8.00. The summed E-state index contributed by atoms with van der Waals surface area (Å²) >= 11 is 1.49. The standard InChI is InChI=1S/C19H24N4O2S/c1-11-4-9-16(25-3)15(10-11)20-18(24)12(2)26-19-22-21-17(13-5-6-13)23(19)14-7-8-14/h4,9-10,12-14H,5-8H2,1-3H3,(H,20,24)/t12-/m0/s1. The van der Waals surface area contributed by atoms with Crippen LogP contribution in [0.25, 0.3) is 0 Å². The van der Waals surface area contributed by atoms with Crippen molar-refractivity contribution in [3.63, 3.8) is 0 Å². The predicted molar refractivity (Wildman–Crippen MR) is 102 cm³/mol. The Morgan fingerprint density at radius 1 is 1.31 bits per heavy atom. The van der Waals surface area contributed by atoms with Crippen LogP contribution in [0.2, 0.25) is 0 Å². The number of nitrogens with zero attached hydrogens (tertiary/aromatic N) is 3. The summed E-state index contributed by atoms with van der Waals surface area (Å²) in [7, 11) is 1.61. The number of carbonyl (C=O) groups is 1. The first kappa shape index (κ1) is 17.4. The Morgan fingerprint density at radius 3 is 2.73 bits per heavy atom. The second kappa shape index (κ2) is 6.95. The van der Waals surface area contributed by atoms with Gasteiger partial charge in [-0.1, -0.05) is 17.8 Å². The molecule has 2 fully saturated rings. The van der Waals surface area contributed by atoms with Crippen molar-refractivity contribution in [3.8, 4) is 5.75 Å². The maximum atomic E-state index is 12.7. The molecule has 0 unspecified atom stereocenters. The molecular weight excluding hydrogens is 348 g/mol. The molecule has 26 heavy (non-hydrogen) atoms. The van der Waals surface area contributed by atoms with E-state index >= 15 is 0 Å². The number of nitrogens with one attached hydrogen (secondary N) is 1. The van der Waals surface area contributed by atoms with Gasteiger partial charge in [-0.3, -0.25) is 4.79 Å². The zero-order chi connectivity index (χ0) is 18.3. The normalized spacial score (nSPS) is 17.8. The molecule has 1 N–H and O–H groups in total. The SMILES string of the molecule is COc1ccc(C)cc1NC(=O)[C@H](C)Sc1nnc(C2CC2)n1C1CC1. The molecule has 1 aromatic heterocycles. The van der Waals surface area contributed by atoms with Crippen LogP contribution < -0.4 is 10.1 Å².